The van der Waals surface area contributed by atoms with Gasteiger partial charge in [-0.3, -0.25) is 9.59 Å². The third-order valence-electron chi connectivity index (χ3n) is 8.31. The molecule has 0 aromatic heterocycles. The summed E-state index contributed by atoms with van der Waals surface area (Å²) in [6.07, 6.45) is 4.71. The number of hydrogen-bond acceptors (Lipinski definition) is 4. The number of likely N-dealkylation sites (tertiary alicyclic amines) is 1. The van der Waals surface area contributed by atoms with Gasteiger partial charge in [-0.2, -0.15) is 0 Å². The molecule has 1 amide bonds. The van der Waals surface area contributed by atoms with Crippen molar-refractivity contribution >= 4 is 17.7 Å². The minimum Gasteiger partial charge on any atom is -0.445 e. The lowest BCUT2D eigenvalue weighted by Gasteiger charge is -2.51. The van der Waals surface area contributed by atoms with Crippen molar-refractivity contribution in [1.82, 2.24) is 4.90 Å². The van der Waals surface area contributed by atoms with Crippen LogP contribution < -0.4 is 0 Å². The summed E-state index contributed by atoms with van der Waals surface area (Å²) < 4.78 is 5.62. The fourth-order valence-electron chi connectivity index (χ4n) is 7.34. The Hall–Kier alpha value is -2.17. The van der Waals surface area contributed by atoms with E-state index in [2.05, 4.69) is 6.92 Å². The van der Waals surface area contributed by atoms with Crippen molar-refractivity contribution < 1.29 is 19.1 Å². The molecule has 4 fully saturated rings. The quantitative estimate of drug-likeness (QED) is 0.755. The van der Waals surface area contributed by atoms with Crippen LogP contribution in [0.3, 0.4) is 0 Å². The smallest absolute Gasteiger partial charge is 0.410 e. The molecule has 1 saturated heterocycles. The molecule has 5 rings (SSSR count). The van der Waals surface area contributed by atoms with Crippen molar-refractivity contribution in [2.24, 2.45) is 22.7 Å². The number of amides is 1. The van der Waals surface area contributed by atoms with Crippen LogP contribution in [0.2, 0.25) is 0 Å². The van der Waals surface area contributed by atoms with Gasteiger partial charge < -0.3 is 9.64 Å². The lowest BCUT2D eigenvalue weighted by molar-refractivity contribution is -0.152. The zero-order valence-electron chi connectivity index (χ0n) is 17.1. The van der Waals surface area contributed by atoms with Gasteiger partial charge in [0, 0.05) is 30.8 Å². The molecular formula is C24H29NO4. The average Bonchev–Trinajstić information content (AvgIpc) is 3.18. The summed E-state index contributed by atoms with van der Waals surface area (Å²) in [5, 5.41) is 0. The third kappa shape index (κ3) is 2.48. The largest absolute Gasteiger partial charge is 0.445 e. The van der Waals surface area contributed by atoms with Gasteiger partial charge in [-0.1, -0.05) is 37.3 Å². The van der Waals surface area contributed by atoms with E-state index >= 15 is 0 Å². The Bertz CT molecular complexity index is 852. The van der Waals surface area contributed by atoms with Crippen LogP contribution in [0.4, 0.5) is 4.79 Å². The number of carbonyl (C=O) groups is 3. The Labute approximate surface area is 171 Å². The van der Waals surface area contributed by atoms with Crippen LogP contribution in [0.1, 0.15) is 57.4 Å². The van der Waals surface area contributed by atoms with Crippen molar-refractivity contribution in [1.29, 1.82) is 0 Å². The number of piperidine rings is 1. The summed E-state index contributed by atoms with van der Waals surface area (Å²) in [4.78, 5) is 41.6. The maximum Gasteiger partial charge on any atom is 0.410 e. The second-order valence-corrected chi connectivity index (χ2v) is 9.63. The number of nitrogens with zero attached hydrogens (tertiary/aromatic N) is 1. The molecule has 0 unspecified atom stereocenters. The molecule has 0 bridgehead atoms. The van der Waals surface area contributed by atoms with E-state index in [1.165, 1.54) is 0 Å². The number of rotatable bonds is 2. The Morgan fingerprint density at radius 2 is 1.86 bits per heavy atom. The predicted molar refractivity (Wildman–Crippen MR) is 107 cm³/mol. The predicted octanol–water partition coefficient (Wildman–Crippen LogP) is 4.14. The highest BCUT2D eigenvalue weighted by atomic mass is 16.6. The van der Waals surface area contributed by atoms with Crippen molar-refractivity contribution in [3.05, 3.63) is 35.9 Å². The van der Waals surface area contributed by atoms with Crippen LogP contribution in [-0.2, 0) is 20.9 Å². The van der Waals surface area contributed by atoms with E-state index in [1.54, 1.807) is 4.90 Å². The molecule has 3 saturated carbocycles. The van der Waals surface area contributed by atoms with Gasteiger partial charge in [0.25, 0.3) is 0 Å². The SMILES string of the molecule is C[C@H]1CC(=O)[C@]23CC[C@@H]4N(C(=O)OCc5ccccc5)CCC[C@@]42C(=O)C[C@@H]3C1. The molecule has 2 spiro atoms. The average molecular weight is 395 g/mol. The second kappa shape index (κ2) is 6.68. The van der Waals surface area contributed by atoms with Crippen molar-refractivity contribution in [2.45, 2.75) is 64.5 Å². The van der Waals surface area contributed by atoms with E-state index in [0.717, 1.165) is 37.7 Å². The number of ketones is 2. The fourth-order valence-corrected chi connectivity index (χ4v) is 7.34. The summed E-state index contributed by atoms with van der Waals surface area (Å²) >= 11 is 0. The molecule has 5 atom stereocenters. The lowest BCUT2D eigenvalue weighted by atomic mass is 9.53. The maximum absolute atomic E-state index is 13.4. The van der Waals surface area contributed by atoms with Crippen LogP contribution in [-0.4, -0.2) is 35.1 Å². The molecule has 4 aliphatic rings. The number of ether oxygens (including phenoxy) is 1. The van der Waals surface area contributed by atoms with Crippen molar-refractivity contribution in [3.8, 4) is 0 Å². The van der Waals surface area contributed by atoms with Crippen LogP contribution in [0.25, 0.3) is 0 Å². The Morgan fingerprint density at radius 3 is 2.66 bits per heavy atom. The third-order valence-corrected chi connectivity index (χ3v) is 8.31. The molecule has 3 aliphatic carbocycles. The minimum absolute atomic E-state index is 0.163. The Morgan fingerprint density at radius 1 is 1.10 bits per heavy atom. The summed E-state index contributed by atoms with van der Waals surface area (Å²) in [6, 6.07) is 9.46. The van der Waals surface area contributed by atoms with Gasteiger partial charge in [0.05, 0.1) is 5.41 Å². The molecule has 1 aromatic carbocycles. The van der Waals surface area contributed by atoms with E-state index < -0.39 is 10.8 Å². The number of Topliss-reactive ketones (excluding diaryl/α,β-unsaturated/α-hetero) is 2. The van der Waals surface area contributed by atoms with Gasteiger partial charge in [0.15, 0.2) is 0 Å². The molecule has 1 aromatic rings. The van der Waals surface area contributed by atoms with Crippen LogP contribution in [0, 0.1) is 22.7 Å². The fraction of sp³-hybridized carbons (Fsp3) is 0.625. The van der Waals surface area contributed by atoms with Gasteiger partial charge in [-0.15, -0.1) is 0 Å². The maximum atomic E-state index is 13.4. The van der Waals surface area contributed by atoms with E-state index in [0.29, 0.717) is 25.3 Å². The Kier molecular flexibility index (Phi) is 4.34. The first kappa shape index (κ1) is 18.8. The van der Waals surface area contributed by atoms with E-state index in [9.17, 15) is 14.4 Å². The van der Waals surface area contributed by atoms with Gasteiger partial charge in [0.1, 0.15) is 18.2 Å². The van der Waals surface area contributed by atoms with E-state index in [-0.39, 0.29) is 36.2 Å². The van der Waals surface area contributed by atoms with Crippen LogP contribution >= 0.6 is 0 Å². The second-order valence-electron chi connectivity index (χ2n) is 9.63. The van der Waals surface area contributed by atoms with Crippen LogP contribution in [0.15, 0.2) is 30.3 Å². The molecular weight excluding hydrogens is 366 g/mol. The number of carbonyl (C=O) groups excluding carboxylic acids is 3. The van der Waals surface area contributed by atoms with Gasteiger partial charge in [-0.25, -0.2) is 4.79 Å². The summed E-state index contributed by atoms with van der Waals surface area (Å²) in [6.45, 7) is 2.97. The first-order valence-corrected chi connectivity index (χ1v) is 11.0. The van der Waals surface area contributed by atoms with E-state index in [4.69, 9.17) is 4.74 Å². The highest BCUT2D eigenvalue weighted by molar-refractivity contribution is 6.01. The lowest BCUT2D eigenvalue weighted by Crippen LogP contribution is -2.60. The summed E-state index contributed by atoms with van der Waals surface area (Å²) in [7, 11) is 0. The zero-order chi connectivity index (χ0) is 20.2. The normalized spacial score (nSPS) is 38.4. The summed E-state index contributed by atoms with van der Waals surface area (Å²) in [5.74, 6) is 1.04. The van der Waals surface area contributed by atoms with Gasteiger partial charge in [0.2, 0.25) is 0 Å². The molecule has 0 radical (unpaired) electrons. The molecule has 1 aliphatic heterocycles. The molecule has 0 N–H and O–H groups in total. The molecule has 5 nitrogen and oxygen atoms in total. The van der Waals surface area contributed by atoms with Crippen LogP contribution in [0.5, 0.6) is 0 Å². The Balaban J connectivity index is 1.42. The first-order valence-electron chi connectivity index (χ1n) is 11.0. The minimum atomic E-state index is -0.668. The number of hydrogen-bond donors (Lipinski definition) is 0. The van der Waals surface area contributed by atoms with Gasteiger partial charge in [-0.05, 0) is 49.5 Å². The molecule has 29 heavy (non-hydrogen) atoms. The van der Waals surface area contributed by atoms with Crippen molar-refractivity contribution in [3.63, 3.8) is 0 Å². The zero-order valence-corrected chi connectivity index (χ0v) is 17.1. The monoisotopic (exact) mass is 395 g/mol. The van der Waals surface area contributed by atoms with E-state index in [1.807, 2.05) is 30.3 Å². The highest BCUT2D eigenvalue weighted by Gasteiger charge is 2.76. The standard InChI is InChI=1S/C24H29NO4/c1-16-12-18-14-21(27)24-9-5-11-25(19(24)8-10-23(18,24)20(26)13-16)22(28)29-15-17-6-3-2-4-7-17/h2-4,6-7,16,18-19H,5,8-15H2,1H3/t16-,18+,19+,23-,24+/m1/s1. The van der Waals surface area contributed by atoms with Crippen molar-refractivity contribution in [2.75, 3.05) is 6.54 Å². The molecule has 5 heteroatoms. The highest BCUT2D eigenvalue weighted by Crippen LogP contribution is 2.70. The number of benzene rings is 1. The molecule has 154 valence electrons. The first-order chi connectivity index (χ1) is 14.0. The topological polar surface area (TPSA) is 63.7 Å². The van der Waals surface area contributed by atoms with Gasteiger partial charge >= 0.3 is 6.09 Å². The molecule has 1 heterocycles. The summed E-state index contributed by atoms with van der Waals surface area (Å²) in [5.41, 5.74) is -0.248.